The molecule has 2 aromatic rings. The predicted molar refractivity (Wildman–Crippen MR) is 90.1 cm³/mol. The van der Waals surface area contributed by atoms with Crippen molar-refractivity contribution in [1.82, 2.24) is 10.2 Å². The number of urea groups is 1. The van der Waals surface area contributed by atoms with Crippen LogP contribution in [0.25, 0.3) is 6.08 Å². The number of esters is 1. The first kappa shape index (κ1) is 17.3. The van der Waals surface area contributed by atoms with E-state index in [-0.39, 0.29) is 23.8 Å². The lowest BCUT2D eigenvalue weighted by atomic mass is 10.3. The average molecular weight is 359 g/mol. The Morgan fingerprint density at radius 2 is 2.00 bits per heavy atom. The quantitative estimate of drug-likeness (QED) is 0.493. The van der Waals surface area contributed by atoms with Crippen LogP contribution in [0.3, 0.4) is 0 Å². The summed E-state index contributed by atoms with van der Waals surface area (Å²) in [5.74, 6) is 0.180. The van der Waals surface area contributed by atoms with E-state index >= 15 is 0 Å². The molecule has 1 N–H and O–H groups in total. The van der Waals surface area contributed by atoms with Crippen LogP contribution in [0.4, 0.5) is 10.7 Å². The largest absolute Gasteiger partial charge is 0.463 e. The summed E-state index contributed by atoms with van der Waals surface area (Å²) < 4.78 is 15.4. The molecular formula is C17H17N3O6. The van der Waals surface area contributed by atoms with E-state index in [1.165, 1.54) is 25.3 Å². The van der Waals surface area contributed by atoms with Crippen LogP contribution in [-0.4, -0.2) is 44.0 Å². The Bertz CT molecular complexity index is 892. The third kappa shape index (κ3) is 3.32. The van der Waals surface area contributed by atoms with Gasteiger partial charge in [-0.15, -0.1) is 0 Å². The first-order chi connectivity index (χ1) is 12.4. The first-order valence-corrected chi connectivity index (χ1v) is 7.67. The number of methoxy groups -OCH3 is 1. The number of rotatable bonds is 5. The maximum Gasteiger partial charge on any atom is 0.373 e. The second kappa shape index (κ2) is 6.79. The number of furan rings is 2. The summed E-state index contributed by atoms with van der Waals surface area (Å²) in [5, 5.41) is 2.49. The van der Waals surface area contributed by atoms with Crippen molar-refractivity contribution >= 4 is 29.9 Å². The van der Waals surface area contributed by atoms with Gasteiger partial charge in [-0.05, 0) is 18.2 Å². The minimum atomic E-state index is -0.636. The van der Waals surface area contributed by atoms with Gasteiger partial charge in [-0.25, -0.2) is 9.59 Å². The molecule has 0 spiro atoms. The number of ether oxygens (including phenoxy) is 1. The number of nitrogens with zero attached hydrogens (tertiary/aromatic N) is 2. The molecular weight excluding hydrogens is 342 g/mol. The van der Waals surface area contributed by atoms with Gasteiger partial charge in [0.15, 0.2) is 5.88 Å². The summed E-state index contributed by atoms with van der Waals surface area (Å²) in [6.07, 6.45) is 1.45. The van der Waals surface area contributed by atoms with E-state index in [9.17, 15) is 14.4 Å². The molecule has 9 nitrogen and oxygen atoms in total. The molecule has 26 heavy (non-hydrogen) atoms. The Labute approximate surface area is 148 Å². The Hall–Kier alpha value is -3.49. The molecule has 2 aromatic heterocycles. The molecule has 1 aliphatic heterocycles. The summed E-state index contributed by atoms with van der Waals surface area (Å²) >= 11 is 0. The van der Waals surface area contributed by atoms with E-state index in [0.717, 1.165) is 4.90 Å². The second-order valence-corrected chi connectivity index (χ2v) is 5.71. The molecule has 3 heterocycles. The Balaban J connectivity index is 1.75. The Morgan fingerprint density at radius 3 is 2.65 bits per heavy atom. The number of carbonyl (C=O) groups excluding carboxylic acids is 3. The van der Waals surface area contributed by atoms with Gasteiger partial charge in [0.1, 0.15) is 17.2 Å². The van der Waals surface area contributed by atoms with Crippen molar-refractivity contribution in [2.24, 2.45) is 0 Å². The molecule has 3 rings (SSSR count). The number of nitrogens with one attached hydrogen (secondary N) is 1. The lowest BCUT2D eigenvalue weighted by molar-refractivity contribution is -0.123. The molecule has 0 unspecified atom stereocenters. The highest BCUT2D eigenvalue weighted by Gasteiger charge is 2.34. The van der Waals surface area contributed by atoms with Gasteiger partial charge < -0.3 is 23.8 Å². The van der Waals surface area contributed by atoms with Crippen LogP contribution >= 0.6 is 0 Å². The van der Waals surface area contributed by atoms with Crippen LogP contribution in [0, 0.1) is 0 Å². The van der Waals surface area contributed by atoms with Crippen molar-refractivity contribution in [1.29, 1.82) is 0 Å². The Morgan fingerprint density at radius 1 is 1.23 bits per heavy atom. The molecule has 1 aliphatic rings. The van der Waals surface area contributed by atoms with E-state index in [2.05, 4.69) is 10.1 Å². The molecule has 1 fully saturated rings. The molecule has 136 valence electrons. The molecule has 0 aromatic carbocycles. The third-order valence-corrected chi connectivity index (χ3v) is 3.66. The predicted octanol–water partition coefficient (Wildman–Crippen LogP) is 1.82. The summed E-state index contributed by atoms with van der Waals surface area (Å²) in [6, 6.07) is 5.78. The molecule has 0 saturated carbocycles. The van der Waals surface area contributed by atoms with Gasteiger partial charge in [0.05, 0.1) is 13.7 Å². The van der Waals surface area contributed by atoms with Gasteiger partial charge in [0.25, 0.3) is 5.91 Å². The van der Waals surface area contributed by atoms with Gasteiger partial charge in [-0.3, -0.25) is 9.69 Å². The fraction of sp³-hybridized carbons (Fsp3) is 0.235. The van der Waals surface area contributed by atoms with E-state index in [1.807, 2.05) is 14.1 Å². The molecule has 1 saturated heterocycles. The number of carbonyl (C=O) groups is 3. The van der Waals surface area contributed by atoms with Crippen LogP contribution < -0.4 is 10.2 Å². The fourth-order valence-corrected chi connectivity index (χ4v) is 2.35. The van der Waals surface area contributed by atoms with E-state index in [0.29, 0.717) is 11.6 Å². The van der Waals surface area contributed by atoms with E-state index < -0.39 is 17.9 Å². The average Bonchev–Trinajstić information content (AvgIpc) is 3.31. The van der Waals surface area contributed by atoms with E-state index in [4.69, 9.17) is 8.83 Å². The SMILES string of the molecule is COC(=O)c1ccc(CN2C(=O)NC(=Cc3ccc(N(C)C)o3)C2=O)o1. The van der Waals surface area contributed by atoms with Crippen LogP contribution in [-0.2, 0) is 16.1 Å². The summed E-state index contributed by atoms with van der Waals surface area (Å²) in [7, 11) is 4.88. The van der Waals surface area contributed by atoms with Crippen molar-refractivity contribution in [3.05, 3.63) is 47.2 Å². The number of imide groups is 1. The highest BCUT2D eigenvalue weighted by molar-refractivity contribution is 6.13. The minimum Gasteiger partial charge on any atom is -0.463 e. The number of hydrogen-bond donors (Lipinski definition) is 1. The maximum atomic E-state index is 12.5. The van der Waals surface area contributed by atoms with Crippen molar-refractivity contribution in [3.63, 3.8) is 0 Å². The second-order valence-electron chi connectivity index (χ2n) is 5.71. The molecule has 0 aliphatic carbocycles. The zero-order valence-electron chi connectivity index (χ0n) is 14.4. The first-order valence-electron chi connectivity index (χ1n) is 7.67. The lowest BCUT2D eigenvalue weighted by Crippen LogP contribution is -2.30. The number of amides is 3. The van der Waals surface area contributed by atoms with Crippen molar-refractivity contribution in [3.8, 4) is 0 Å². The normalized spacial score (nSPS) is 15.5. The monoisotopic (exact) mass is 359 g/mol. The molecule has 0 atom stereocenters. The summed E-state index contributed by atoms with van der Waals surface area (Å²) in [5.41, 5.74) is 0.0920. The highest BCUT2D eigenvalue weighted by atomic mass is 16.5. The molecule has 9 heteroatoms. The minimum absolute atomic E-state index is 0.00267. The van der Waals surface area contributed by atoms with Crippen LogP contribution in [0.1, 0.15) is 22.1 Å². The lowest BCUT2D eigenvalue weighted by Gasteiger charge is -2.09. The molecule has 0 radical (unpaired) electrons. The van der Waals surface area contributed by atoms with Crippen LogP contribution in [0.5, 0.6) is 0 Å². The number of hydrogen-bond acceptors (Lipinski definition) is 7. The zero-order chi connectivity index (χ0) is 18.8. The van der Waals surface area contributed by atoms with Gasteiger partial charge >= 0.3 is 12.0 Å². The van der Waals surface area contributed by atoms with Crippen LogP contribution in [0.15, 0.2) is 38.8 Å². The maximum absolute atomic E-state index is 12.5. The fourth-order valence-electron chi connectivity index (χ4n) is 2.35. The van der Waals surface area contributed by atoms with Crippen molar-refractivity contribution in [2.75, 3.05) is 26.1 Å². The van der Waals surface area contributed by atoms with E-state index in [1.54, 1.807) is 17.0 Å². The molecule has 3 amide bonds. The van der Waals surface area contributed by atoms with Crippen LogP contribution in [0.2, 0.25) is 0 Å². The zero-order valence-corrected chi connectivity index (χ0v) is 14.4. The smallest absolute Gasteiger partial charge is 0.373 e. The Kier molecular flexibility index (Phi) is 4.53. The van der Waals surface area contributed by atoms with Crippen molar-refractivity contribution in [2.45, 2.75) is 6.54 Å². The van der Waals surface area contributed by atoms with Crippen molar-refractivity contribution < 1.29 is 28.0 Å². The summed E-state index contributed by atoms with van der Waals surface area (Å²) in [4.78, 5) is 38.7. The van der Waals surface area contributed by atoms with Gasteiger partial charge in [0.2, 0.25) is 5.76 Å². The number of anilines is 1. The topological polar surface area (TPSA) is 105 Å². The van der Waals surface area contributed by atoms with Gasteiger partial charge in [-0.2, -0.15) is 0 Å². The van der Waals surface area contributed by atoms with Gasteiger partial charge in [-0.1, -0.05) is 0 Å². The molecule has 0 bridgehead atoms. The van der Waals surface area contributed by atoms with Gasteiger partial charge in [0, 0.05) is 26.2 Å². The standard InChI is InChI=1S/C17H17N3O6/c1-19(2)14-7-5-10(26-14)8-12-15(21)20(17(23)18-12)9-11-4-6-13(25-11)16(22)24-3/h4-8H,9H2,1-3H3,(H,18,23). The third-order valence-electron chi connectivity index (χ3n) is 3.66. The summed E-state index contributed by atoms with van der Waals surface area (Å²) in [6.45, 7) is -0.111. The highest BCUT2D eigenvalue weighted by Crippen LogP contribution is 2.21.